The predicted octanol–water partition coefficient (Wildman–Crippen LogP) is 3.45. The Morgan fingerprint density at radius 1 is 1.27 bits per heavy atom. The maximum Gasteiger partial charge on any atom is 0.0650 e. The molecule has 0 atom stereocenters. The van der Waals surface area contributed by atoms with Crippen LogP contribution in [0, 0.1) is 0 Å². The summed E-state index contributed by atoms with van der Waals surface area (Å²) < 4.78 is 5.37. The highest BCUT2D eigenvalue weighted by atomic mass is 16.5. The van der Waals surface area contributed by atoms with Crippen LogP contribution in [0.1, 0.15) is 12.0 Å². The highest BCUT2D eigenvalue weighted by molar-refractivity contribution is 5.48. The molecule has 0 aliphatic heterocycles. The highest BCUT2D eigenvalue weighted by Crippen LogP contribution is 2.00. The molecule has 0 radical (unpaired) electrons. The molecule has 0 N–H and O–H groups in total. The van der Waals surface area contributed by atoms with E-state index in [1.807, 2.05) is 30.4 Å². The van der Waals surface area contributed by atoms with Crippen LogP contribution in [-0.2, 0) is 4.74 Å². The van der Waals surface area contributed by atoms with Gasteiger partial charge in [-0.05, 0) is 18.1 Å². The van der Waals surface area contributed by atoms with Crippen molar-refractivity contribution in [2.75, 3.05) is 13.2 Å². The third-order valence-corrected chi connectivity index (χ3v) is 1.87. The van der Waals surface area contributed by atoms with E-state index in [2.05, 4.69) is 30.5 Å². The van der Waals surface area contributed by atoms with E-state index in [-0.39, 0.29) is 0 Å². The van der Waals surface area contributed by atoms with E-state index in [0.29, 0.717) is 6.61 Å². The van der Waals surface area contributed by atoms with Crippen molar-refractivity contribution < 1.29 is 4.74 Å². The molecule has 1 nitrogen and oxygen atoms in total. The fraction of sp³-hybridized carbons (Fsp3) is 0.214. The molecule has 15 heavy (non-hydrogen) atoms. The summed E-state index contributed by atoms with van der Waals surface area (Å²) >= 11 is 0. The molecular formula is C14H16O. The summed E-state index contributed by atoms with van der Waals surface area (Å²) in [5, 5.41) is 0. The summed E-state index contributed by atoms with van der Waals surface area (Å²) in [5.41, 5.74) is 3.91. The first-order valence-corrected chi connectivity index (χ1v) is 5.07. The first-order valence-electron chi connectivity index (χ1n) is 5.07. The van der Waals surface area contributed by atoms with Gasteiger partial charge >= 0.3 is 0 Å². The second-order valence-electron chi connectivity index (χ2n) is 3.08. The van der Waals surface area contributed by atoms with Gasteiger partial charge in [-0.3, -0.25) is 0 Å². The Hall–Kier alpha value is -1.56. The second-order valence-corrected chi connectivity index (χ2v) is 3.08. The average Bonchev–Trinajstić information content (AvgIpc) is 2.29. The molecule has 0 aliphatic carbocycles. The zero-order valence-corrected chi connectivity index (χ0v) is 8.86. The van der Waals surface area contributed by atoms with Crippen molar-refractivity contribution in [3.63, 3.8) is 0 Å². The largest absolute Gasteiger partial charge is 0.377 e. The monoisotopic (exact) mass is 200 g/mol. The minimum atomic E-state index is 0.653. The SMILES string of the molecule is C=C=CCCOC/C=C/c1ccccc1. The standard InChI is InChI=1S/C14H16O/c1-2-3-7-12-15-13-8-11-14-9-5-4-6-10-14/h3-6,8-11H,1,7,12-13H2/b11-8+. The van der Waals surface area contributed by atoms with Crippen molar-refractivity contribution in [3.8, 4) is 0 Å². The van der Waals surface area contributed by atoms with Gasteiger partial charge in [0.15, 0.2) is 0 Å². The molecule has 1 heteroatoms. The quantitative estimate of drug-likeness (QED) is 0.505. The van der Waals surface area contributed by atoms with Gasteiger partial charge < -0.3 is 4.74 Å². The summed E-state index contributed by atoms with van der Waals surface area (Å²) in [7, 11) is 0. The molecular weight excluding hydrogens is 184 g/mol. The lowest BCUT2D eigenvalue weighted by Crippen LogP contribution is -1.91. The number of rotatable bonds is 6. The number of benzene rings is 1. The Kier molecular flexibility index (Phi) is 5.99. The topological polar surface area (TPSA) is 9.23 Å². The van der Waals surface area contributed by atoms with Gasteiger partial charge in [0.1, 0.15) is 0 Å². The van der Waals surface area contributed by atoms with Gasteiger partial charge in [-0.1, -0.05) is 49.1 Å². The number of ether oxygens (including phenoxy) is 1. The van der Waals surface area contributed by atoms with Crippen LogP contribution in [0.4, 0.5) is 0 Å². The van der Waals surface area contributed by atoms with Gasteiger partial charge in [0.25, 0.3) is 0 Å². The Balaban J connectivity index is 2.15. The lowest BCUT2D eigenvalue weighted by atomic mass is 10.2. The van der Waals surface area contributed by atoms with Gasteiger partial charge in [0.05, 0.1) is 13.2 Å². The van der Waals surface area contributed by atoms with Crippen molar-refractivity contribution in [2.45, 2.75) is 6.42 Å². The molecule has 0 aliphatic rings. The van der Waals surface area contributed by atoms with Gasteiger partial charge in [-0.2, -0.15) is 0 Å². The molecule has 1 aromatic carbocycles. The minimum Gasteiger partial charge on any atom is -0.377 e. The van der Waals surface area contributed by atoms with Crippen molar-refractivity contribution in [3.05, 3.63) is 60.4 Å². The molecule has 0 fully saturated rings. The van der Waals surface area contributed by atoms with Crippen LogP contribution in [0.3, 0.4) is 0 Å². The molecule has 1 rings (SSSR count). The second kappa shape index (κ2) is 7.81. The number of hydrogen-bond acceptors (Lipinski definition) is 1. The highest BCUT2D eigenvalue weighted by Gasteiger charge is 1.83. The van der Waals surface area contributed by atoms with E-state index in [4.69, 9.17) is 4.74 Å². The minimum absolute atomic E-state index is 0.653. The normalized spacial score (nSPS) is 10.1. The van der Waals surface area contributed by atoms with Crippen molar-refractivity contribution in [1.82, 2.24) is 0 Å². The number of hydrogen-bond donors (Lipinski definition) is 0. The molecule has 78 valence electrons. The van der Waals surface area contributed by atoms with E-state index in [0.717, 1.165) is 13.0 Å². The van der Waals surface area contributed by atoms with Crippen LogP contribution >= 0.6 is 0 Å². The van der Waals surface area contributed by atoms with Crippen molar-refractivity contribution >= 4 is 6.08 Å². The van der Waals surface area contributed by atoms with E-state index >= 15 is 0 Å². The average molecular weight is 200 g/mol. The van der Waals surface area contributed by atoms with Gasteiger partial charge in [0, 0.05) is 0 Å². The maximum atomic E-state index is 5.37. The van der Waals surface area contributed by atoms with Crippen molar-refractivity contribution in [1.29, 1.82) is 0 Å². The molecule has 0 amide bonds. The molecule has 0 saturated heterocycles. The van der Waals surface area contributed by atoms with Crippen molar-refractivity contribution in [2.24, 2.45) is 0 Å². The van der Waals surface area contributed by atoms with E-state index in [1.54, 1.807) is 0 Å². The predicted molar refractivity (Wildman–Crippen MR) is 64.6 cm³/mol. The molecule has 0 bridgehead atoms. The van der Waals surface area contributed by atoms with Crippen LogP contribution < -0.4 is 0 Å². The zero-order valence-electron chi connectivity index (χ0n) is 8.86. The Labute approximate surface area is 91.4 Å². The summed E-state index contributed by atoms with van der Waals surface area (Å²) in [4.78, 5) is 0. The summed E-state index contributed by atoms with van der Waals surface area (Å²) in [6, 6.07) is 10.2. The third kappa shape index (κ3) is 5.69. The Morgan fingerprint density at radius 2 is 2.07 bits per heavy atom. The summed E-state index contributed by atoms with van der Waals surface area (Å²) in [5.74, 6) is 0. The summed E-state index contributed by atoms with van der Waals surface area (Å²) in [6.07, 6.45) is 6.83. The molecule has 0 aromatic heterocycles. The van der Waals surface area contributed by atoms with Crippen LogP contribution in [-0.4, -0.2) is 13.2 Å². The smallest absolute Gasteiger partial charge is 0.0650 e. The fourth-order valence-corrected chi connectivity index (χ4v) is 1.14. The van der Waals surface area contributed by atoms with E-state index < -0.39 is 0 Å². The van der Waals surface area contributed by atoms with E-state index in [1.165, 1.54) is 5.56 Å². The van der Waals surface area contributed by atoms with Crippen LogP contribution in [0.2, 0.25) is 0 Å². The van der Waals surface area contributed by atoms with E-state index in [9.17, 15) is 0 Å². The maximum absolute atomic E-state index is 5.37. The fourth-order valence-electron chi connectivity index (χ4n) is 1.14. The Bertz CT molecular complexity index is 332. The lowest BCUT2D eigenvalue weighted by Gasteiger charge is -1.96. The zero-order chi connectivity index (χ0) is 10.8. The third-order valence-electron chi connectivity index (χ3n) is 1.87. The lowest BCUT2D eigenvalue weighted by molar-refractivity contribution is 0.168. The van der Waals surface area contributed by atoms with Crippen LogP contribution in [0.25, 0.3) is 6.08 Å². The summed E-state index contributed by atoms with van der Waals surface area (Å²) in [6.45, 7) is 4.86. The molecule has 0 spiro atoms. The van der Waals surface area contributed by atoms with Crippen LogP contribution in [0.5, 0.6) is 0 Å². The molecule has 1 aromatic rings. The molecule has 0 unspecified atom stereocenters. The van der Waals surface area contributed by atoms with Crippen LogP contribution in [0.15, 0.2) is 54.8 Å². The first kappa shape index (κ1) is 11.5. The Morgan fingerprint density at radius 3 is 2.80 bits per heavy atom. The van der Waals surface area contributed by atoms with Gasteiger partial charge in [-0.25, -0.2) is 0 Å². The van der Waals surface area contributed by atoms with Gasteiger partial charge in [0.2, 0.25) is 0 Å². The first-order chi connectivity index (χ1) is 7.43. The molecule has 0 saturated carbocycles. The molecule has 0 heterocycles. The van der Waals surface area contributed by atoms with Gasteiger partial charge in [-0.15, -0.1) is 5.73 Å².